The fourth-order valence-electron chi connectivity index (χ4n) is 2.12. The van der Waals surface area contributed by atoms with E-state index in [4.69, 9.17) is 0 Å². The topological polar surface area (TPSA) is 0 Å². The van der Waals surface area contributed by atoms with E-state index in [1.165, 1.54) is 38.5 Å². The average molecular weight is 140 g/mol. The molecule has 1 aliphatic rings. The average Bonchev–Trinajstić information content (AvgIpc) is 2.31. The summed E-state index contributed by atoms with van der Waals surface area (Å²) in [5, 5.41) is 0. The van der Waals surface area contributed by atoms with E-state index >= 15 is 0 Å². The normalized spacial score (nSPS) is 33.0. The standard InChI is InChI=1S/C10H20/c1-3-4-7-10-8-5-6-9(10)2/h9-10H,3-8H2,1-2H3/t9-,10?/m1/s1. The van der Waals surface area contributed by atoms with Gasteiger partial charge in [0.25, 0.3) is 0 Å². The van der Waals surface area contributed by atoms with Crippen molar-refractivity contribution >= 4 is 0 Å². The molecule has 0 heteroatoms. The van der Waals surface area contributed by atoms with Crippen LogP contribution in [0.5, 0.6) is 0 Å². The zero-order valence-electron chi connectivity index (χ0n) is 7.40. The van der Waals surface area contributed by atoms with Crippen molar-refractivity contribution in [1.82, 2.24) is 0 Å². The number of hydrogen-bond donors (Lipinski definition) is 0. The molecular formula is C10H20. The Hall–Kier alpha value is 0. The summed E-state index contributed by atoms with van der Waals surface area (Å²) in [6.07, 6.45) is 8.83. The lowest BCUT2D eigenvalue weighted by atomic mass is 9.93. The molecule has 0 radical (unpaired) electrons. The minimum Gasteiger partial charge on any atom is -0.0654 e. The maximum absolute atomic E-state index is 2.42. The highest BCUT2D eigenvalue weighted by Gasteiger charge is 2.21. The summed E-state index contributed by atoms with van der Waals surface area (Å²) in [6, 6.07) is 0. The summed E-state index contributed by atoms with van der Waals surface area (Å²) >= 11 is 0. The molecule has 2 atom stereocenters. The lowest BCUT2D eigenvalue weighted by molar-refractivity contribution is 0.380. The Balaban J connectivity index is 2.14. The van der Waals surface area contributed by atoms with Crippen LogP contribution in [0, 0.1) is 11.8 Å². The van der Waals surface area contributed by atoms with Crippen molar-refractivity contribution in [2.45, 2.75) is 52.4 Å². The van der Waals surface area contributed by atoms with Crippen molar-refractivity contribution in [3.05, 3.63) is 0 Å². The van der Waals surface area contributed by atoms with Crippen molar-refractivity contribution in [3.8, 4) is 0 Å². The zero-order chi connectivity index (χ0) is 7.40. The van der Waals surface area contributed by atoms with E-state index in [0.717, 1.165) is 11.8 Å². The summed E-state index contributed by atoms with van der Waals surface area (Å²) in [7, 11) is 0. The fraction of sp³-hybridized carbons (Fsp3) is 1.00. The highest BCUT2D eigenvalue weighted by molar-refractivity contribution is 4.73. The minimum absolute atomic E-state index is 1.03. The van der Waals surface area contributed by atoms with E-state index in [2.05, 4.69) is 13.8 Å². The number of unbranched alkanes of at least 4 members (excludes halogenated alkanes) is 1. The molecule has 0 spiro atoms. The van der Waals surface area contributed by atoms with Gasteiger partial charge in [0.05, 0.1) is 0 Å². The van der Waals surface area contributed by atoms with Crippen LogP contribution < -0.4 is 0 Å². The Morgan fingerprint density at radius 2 is 2.10 bits per heavy atom. The van der Waals surface area contributed by atoms with Crippen LogP contribution in [0.2, 0.25) is 0 Å². The second-order valence-electron chi connectivity index (χ2n) is 3.81. The van der Waals surface area contributed by atoms with Gasteiger partial charge >= 0.3 is 0 Å². The zero-order valence-corrected chi connectivity index (χ0v) is 7.40. The van der Waals surface area contributed by atoms with Crippen LogP contribution in [0.1, 0.15) is 52.4 Å². The van der Waals surface area contributed by atoms with Crippen molar-refractivity contribution in [1.29, 1.82) is 0 Å². The van der Waals surface area contributed by atoms with Crippen LogP contribution in [0.25, 0.3) is 0 Å². The Labute approximate surface area is 65.0 Å². The fourth-order valence-corrected chi connectivity index (χ4v) is 2.12. The Morgan fingerprint density at radius 1 is 1.30 bits per heavy atom. The van der Waals surface area contributed by atoms with Gasteiger partial charge < -0.3 is 0 Å². The third-order valence-corrected chi connectivity index (χ3v) is 2.97. The minimum atomic E-state index is 1.03. The molecule has 0 aliphatic heterocycles. The molecule has 0 aromatic rings. The lowest BCUT2D eigenvalue weighted by Gasteiger charge is -2.13. The highest BCUT2D eigenvalue weighted by atomic mass is 14.3. The molecule has 0 amide bonds. The van der Waals surface area contributed by atoms with Gasteiger partial charge in [-0.25, -0.2) is 0 Å². The van der Waals surface area contributed by atoms with Crippen LogP contribution in [0.3, 0.4) is 0 Å². The first-order valence-electron chi connectivity index (χ1n) is 4.84. The molecule has 0 aromatic heterocycles. The van der Waals surface area contributed by atoms with Gasteiger partial charge in [0.1, 0.15) is 0 Å². The molecule has 1 unspecified atom stereocenters. The summed E-state index contributed by atoms with van der Waals surface area (Å²) < 4.78 is 0. The van der Waals surface area contributed by atoms with E-state index in [1.807, 2.05) is 0 Å². The molecule has 0 bridgehead atoms. The summed E-state index contributed by atoms with van der Waals surface area (Å²) in [4.78, 5) is 0. The van der Waals surface area contributed by atoms with Gasteiger partial charge in [-0.15, -0.1) is 0 Å². The molecular weight excluding hydrogens is 120 g/mol. The van der Waals surface area contributed by atoms with Crippen LogP contribution in [-0.2, 0) is 0 Å². The molecule has 1 saturated carbocycles. The van der Waals surface area contributed by atoms with Crippen molar-refractivity contribution < 1.29 is 0 Å². The predicted octanol–water partition coefficient (Wildman–Crippen LogP) is 3.61. The monoisotopic (exact) mass is 140 g/mol. The second kappa shape index (κ2) is 4.00. The molecule has 10 heavy (non-hydrogen) atoms. The molecule has 0 heterocycles. The Kier molecular flexibility index (Phi) is 3.24. The third-order valence-electron chi connectivity index (χ3n) is 2.97. The maximum atomic E-state index is 2.42. The number of rotatable bonds is 3. The summed E-state index contributed by atoms with van der Waals surface area (Å²) in [5.74, 6) is 2.12. The largest absolute Gasteiger partial charge is 0.0654 e. The molecule has 0 saturated heterocycles. The smallest absolute Gasteiger partial charge is 0.0388 e. The van der Waals surface area contributed by atoms with Gasteiger partial charge in [-0.1, -0.05) is 52.4 Å². The highest BCUT2D eigenvalue weighted by Crippen LogP contribution is 2.34. The summed E-state index contributed by atoms with van der Waals surface area (Å²) in [6.45, 7) is 4.72. The quantitative estimate of drug-likeness (QED) is 0.561. The first-order valence-corrected chi connectivity index (χ1v) is 4.84. The first-order chi connectivity index (χ1) is 4.84. The van der Waals surface area contributed by atoms with Crippen LogP contribution in [0.4, 0.5) is 0 Å². The van der Waals surface area contributed by atoms with E-state index in [0.29, 0.717) is 0 Å². The van der Waals surface area contributed by atoms with Crippen molar-refractivity contribution in [3.63, 3.8) is 0 Å². The van der Waals surface area contributed by atoms with Crippen molar-refractivity contribution in [2.75, 3.05) is 0 Å². The van der Waals surface area contributed by atoms with E-state index in [1.54, 1.807) is 0 Å². The third kappa shape index (κ3) is 2.00. The maximum Gasteiger partial charge on any atom is -0.0388 e. The van der Waals surface area contributed by atoms with E-state index in [9.17, 15) is 0 Å². The van der Waals surface area contributed by atoms with Crippen LogP contribution in [-0.4, -0.2) is 0 Å². The van der Waals surface area contributed by atoms with Gasteiger partial charge in [-0.2, -0.15) is 0 Å². The van der Waals surface area contributed by atoms with Crippen molar-refractivity contribution in [2.24, 2.45) is 11.8 Å². The van der Waals surface area contributed by atoms with Gasteiger partial charge in [-0.3, -0.25) is 0 Å². The molecule has 1 fully saturated rings. The molecule has 1 aliphatic carbocycles. The SMILES string of the molecule is CCCCC1CCC[C@H]1C. The van der Waals surface area contributed by atoms with Gasteiger partial charge in [0.2, 0.25) is 0 Å². The lowest BCUT2D eigenvalue weighted by Crippen LogP contribution is -2.02. The molecule has 0 nitrogen and oxygen atoms in total. The summed E-state index contributed by atoms with van der Waals surface area (Å²) in [5.41, 5.74) is 0. The van der Waals surface area contributed by atoms with Gasteiger partial charge in [0, 0.05) is 0 Å². The van der Waals surface area contributed by atoms with Gasteiger partial charge in [-0.05, 0) is 11.8 Å². The number of hydrogen-bond acceptors (Lipinski definition) is 0. The van der Waals surface area contributed by atoms with E-state index in [-0.39, 0.29) is 0 Å². The van der Waals surface area contributed by atoms with E-state index < -0.39 is 0 Å². The molecule has 0 aromatic carbocycles. The Morgan fingerprint density at radius 3 is 2.60 bits per heavy atom. The second-order valence-corrected chi connectivity index (χ2v) is 3.81. The van der Waals surface area contributed by atoms with Crippen LogP contribution >= 0.6 is 0 Å². The molecule has 0 N–H and O–H groups in total. The van der Waals surface area contributed by atoms with Crippen LogP contribution in [0.15, 0.2) is 0 Å². The first kappa shape index (κ1) is 8.10. The Bertz CT molecular complexity index is 86.0. The molecule has 60 valence electrons. The predicted molar refractivity (Wildman–Crippen MR) is 46.0 cm³/mol. The molecule has 1 rings (SSSR count). The van der Waals surface area contributed by atoms with Gasteiger partial charge in [0.15, 0.2) is 0 Å².